The SMILES string of the molecule is COc1cccc(OC)c1/C=C(\C)[N+](=O)[O-]. The zero-order valence-corrected chi connectivity index (χ0v) is 9.39. The lowest BCUT2D eigenvalue weighted by atomic mass is 10.1. The fraction of sp³-hybridized carbons (Fsp3) is 0.273. The molecule has 16 heavy (non-hydrogen) atoms. The van der Waals surface area contributed by atoms with Crippen LogP contribution in [0.15, 0.2) is 23.9 Å². The Bertz CT molecular complexity index is 404. The lowest BCUT2D eigenvalue weighted by Crippen LogP contribution is -1.96. The van der Waals surface area contributed by atoms with E-state index >= 15 is 0 Å². The highest BCUT2D eigenvalue weighted by Gasteiger charge is 2.11. The summed E-state index contributed by atoms with van der Waals surface area (Å²) in [7, 11) is 3.02. The fourth-order valence-electron chi connectivity index (χ4n) is 1.28. The Kier molecular flexibility index (Phi) is 3.88. The molecule has 5 nitrogen and oxygen atoms in total. The zero-order valence-electron chi connectivity index (χ0n) is 9.39. The number of nitro groups is 1. The van der Waals surface area contributed by atoms with Crippen LogP contribution in [0.3, 0.4) is 0 Å². The van der Waals surface area contributed by atoms with Crippen LogP contribution >= 0.6 is 0 Å². The van der Waals surface area contributed by atoms with Gasteiger partial charge in [0.05, 0.1) is 24.7 Å². The molecule has 0 aliphatic heterocycles. The number of benzene rings is 1. The van der Waals surface area contributed by atoms with E-state index in [0.717, 1.165) is 0 Å². The summed E-state index contributed by atoms with van der Waals surface area (Å²) in [5.74, 6) is 1.08. The van der Waals surface area contributed by atoms with Crippen LogP contribution < -0.4 is 9.47 Å². The van der Waals surface area contributed by atoms with Crippen molar-refractivity contribution in [3.8, 4) is 11.5 Å². The molecular formula is C11H13NO4. The van der Waals surface area contributed by atoms with Crippen molar-refractivity contribution >= 4 is 6.08 Å². The van der Waals surface area contributed by atoms with Crippen LogP contribution in [0.25, 0.3) is 6.08 Å². The summed E-state index contributed by atoms with van der Waals surface area (Å²) in [6, 6.07) is 5.21. The number of methoxy groups -OCH3 is 2. The number of hydrogen-bond donors (Lipinski definition) is 0. The summed E-state index contributed by atoms with van der Waals surface area (Å²) in [5, 5.41) is 10.6. The summed E-state index contributed by atoms with van der Waals surface area (Å²) in [5.41, 5.74) is 0.601. The van der Waals surface area contributed by atoms with Crippen LogP contribution in [0.4, 0.5) is 0 Å². The first-order valence-corrected chi connectivity index (χ1v) is 4.63. The monoisotopic (exact) mass is 223 g/mol. The smallest absolute Gasteiger partial charge is 0.244 e. The number of allylic oxidation sites excluding steroid dienone is 1. The first kappa shape index (κ1) is 12.0. The molecule has 0 aliphatic rings. The molecule has 5 heteroatoms. The number of rotatable bonds is 4. The minimum atomic E-state index is -0.453. The van der Waals surface area contributed by atoms with E-state index in [9.17, 15) is 10.1 Å². The van der Waals surface area contributed by atoms with Crippen molar-refractivity contribution < 1.29 is 14.4 Å². The first-order valence-electron chi connectivity index (χ1n) is 4.63. The lowest BCUT2D eigenvalue weighted by Gasteiger charge is -2.09. The Hall–Kier alpha value is -2.04. The summed E-state index contributed by atoms with van der Waals surface area (Å²) >= 11 is 0. The summed E-state index contributed by atoms with van der Waals surface area (Å²) in [6.07, 6.45) is 1.43. The minimum Gasteiger partial charge on any atom is -0.496 e. The van der Waals surface area contributed by atoms with Gasteiger partial charge in [0.25, 0.3) is 0 Å². The highest BCUT2D eigenvalue weighted by molar-refractivity contribution is 5.65. The van der Waals surface area contributed by atoms with Gasteiger partial charge in [0.1, 0.15) is 11.5 Å². The third-order valence-electron chi connectivity index (χ3n) is 2.11. The average Bonchev–Trinajstić information content (AvgIpc) is 2.29. The normalized spacial score (nSPS) is 11.1. The second kappa shape index (κ2) is 5.16. The molecule has 0 saturated carbocycles. The molecule has 0 aromatic heterocycles. The van der Waals surface area contributed by atoms with Crippen molar-refractivity contribution in [1.82, 2.24) is 0 Å². The maximum absolute atomic E-state index is 10.6. The van der Waals surface area contributed by atoms with E-state index in [-0.39, 0.29) is 5.70 Å². The van der Waals surface area contributed by atoms with Crippen molar-refractivity contribution in [2.24, 2.45) is 0 Å². The molecule has 0 bridgehead atoms. The Labute approximate surface area is 93.4 Å². The molecular weight excluding hydrogens is 210 g/mol. The Morgan fingerprint density at radius 3 is 2.19 bits per heavy atom. The van der Waals surface area contributed by atoms with E-state index in [1.165, 1.54) is 27.2 Å². The molecule has 0 heterocycles. The van der Waals surface area contributed by atoms with Crippen LogP contribution in [0.2, 0.25) is 0 Å². The van der Waals surface area contributed by atoms with Gasteiger partial charge in [0.15, 0.2) is 0 Å². The predicted octanol–water partition coefficient (Wildman–Crippen LogP) is 2.34. The zero-order chi connectivity index (χ0) is 12.1. The highest BCUT2D eigenvalue weighted by Crippen LogP contribution is 2.30. The molecule has 0 spiro atoms. The van der Waals surface area contributed by atoms with E-state index in [0.29, 0.717) is 17.1 Å². The van der Waals surface area contributed by atoms with Gasteiger partial charge in [0.2, 0.25) is 5.70 Å². The molecule has 0 fully saturated rings. The molecule has 0 amide bonds. The molecule has 0 unspecified atom stereocenters. The third-order valence-corrected chi connectivity index (χ3v) is 2.11. The molecule has 0 radical (unpaired) electrons. The van der Waals surface area contributed by atoms with Crippen molar-refractivity contribution in [2.75, 3.05) is 14.2 Å². The molecule has 1 aromatic carbocycles. The van der Waals surface area contributed by atoms with Crippen molar-refractivity contribution in [1.29, 1.82) is 0 Å². The number of nitrogens with zero attached hydrogens (tertiary/aromatic N) is 1. The standard InChI is InChI=1S/C11H13NO4/c1-8(12(13)14)7-9-10(15-2)5-4-6-11(9)16-3/h4-7H,1-3H3/b8-7+. The topological polar surface area (TPSA) is 61.6 Å². The van der Waals surface area contributed by atoms with Crippen molar-refractivity contribution in [3.63, 3.8) is 0 Å². The van der Waals surface area contributed by atoms with Gasteiger partial charge in [-0.1, -0.05) is 6.07 Å². The largest absolute Gasteiger partial charge is 0.496 e. The van der Waals surface area contributed by atoms with Crippen molar-refractivity contribution in [2.45, 2.75) is 6.92 Å². The Balaban J connectivity index is 3.29. The van der Waals surface area contributed by atoms with Gasteiger partial charge in [-0.2, -0.15) is 0 Å². The van der Waals surface area contributed by atoms with Gasteiger partial charge in [-0.05, 0) is 12.1 Å². The lowest BCUT2D eigenvalue weighted by molar-refractivity contribution is -0.422. The van der Waals surface area contributed by atoms with Crippen LogP contribution in [-0.2, 0) is 0 Å². The third kappa shape index (κ3) is 2.50. The molecule has 1 rings (SSSR count). The van der Waals surface area contributed by atoms with Crippen LogP contribution in [0.5, 0.6) is 11.5 Å². The summed E-state index contributed by atoms with van der Waals surface area (Å²) in [6.45, 7) is 1.42. The maximum Gasteiger partial charge on any atom is 0.244 e. The summed E-state index contributed by atoms with van der Waals surface area (Å²) in [4.78, 5) is 10.1. The van der Waals surface area contributed by atoms with Gasteiger partial charge >= 0.3 is 0 Å². The van der Waals surface area contributed by atoms with Gasteiger partial charge in [-0.25, -0.2) is 0 Å². The fourth-order valence-corrected chi connectivity index (χ4v) is 1.28. The Morgan fingerprint density at radius 1 is 1.31 bits per heavy atom. The van der Waals surface area contributed by atoms with Gasteiger partial charge in [-0.3, -0.25) is 10.1 Å². The average molecular weight is 223 g/mol. The predicted molar refractivity (Wildman–Crippen MR) is 60.2 cm³/mol. The van der Waals surface area contributed by atoms with Crippen molar-refractivity contribution in [3.05, 3.63) is 39.6 Å². The maximum atomic E-state index is 10.6. The molecule has 0 N–H and O–H groups in total. The molecule has 0 aliphatic carbocycles. The van der Waals surface area contributed by atoms with Crippen LogP contribution in [-0.4, -0.2) is 19.1 Å². The number of ether oxygens (including phenoxy) is 2. The van der Waals surface area contributed by atoms with E-state index in [1.54, 1.807) is 18.2 Å². The highest BCUT2D eigenvalue weighted by atomic mass is 16.6. The molecule has 0 saturated heterocycles. The molecule has 0 atom stereocenters. The number of hydrogen-bond acceptors (Lipinski definition) is 4. The van der Waals surface area contributed by atoms with E-state index in [2.05, 4.69) is 0 Å². The van der Waals surface area contributed by atoms with E-state index in [4.69, 9.17) is 9.47 Å². The van der Waals surface area contributed by atoms with Gasteiger partial charge < -0.3 is 9.47 Å². The minimum absolute atomic E-state index is 0.0304. The Morgan fingerprint density at radius 2 is 1.81 bits per heavy atom. The van der Waals surface area contributed by atoms with Crippen LogP contribution in [0.1, 0.15) is 12.5 Å². The van der Waals surface area contributed by atoms with Crippen LogP contribution in [0, 0.1) is 10.1 Å². The van der Waals surface area contributed by atoms with E-state index < -0.39 is 4.92 Å². The molecule has 86 valence electrons. The summed E-state index contributed by atoms with van der Waals surface area (Å²) < 4.78 is 10.2. The quantitative estimate of drug-likeness (QED) is 0.580. The second-order valence-electron chi connectivity index (χ2n) is 3.12. The van der Waals surface area contributed by atoms with Gasteiger partial charge in [0, 0.05) is 13.0 Å². The van der Waals surface area contributed by atoms with Gasteiger partial charge in [-0.15, -0.1) is 0 Å². The van der Waals surface area contributed by atoms with E-state index in [1.807, 2.05) is 0 Å². The molecule has 1 aromatic rings. The first-order chi connectivity index (χ1) is 7.60. The second-order valence-corrected chi connectivity index (χ2v) is 3.12.